The number of carbonyl (C=O) groups excluding carboxylic acids is 3. The molecule has 35 heavy (non-hydrogen) atoms. The zero-order valence-corrected chi connectivity index (χ0v) is 22.1. The second kappa shape index (κ2) is 10.7. The molecule has 3 rings (SSSR count). The van der Waals surface area contributed by atoms with Gasteiger partial charge in [-0.15, -0.1) is 11.3 Å². The van der Waals surface area contributed by atoms with Gasteiger partial charge in [0.25, 0.3) is 5.91 Å². The Kier molecular flexibility index (Phi) is 8.30. The molecule has 2 aromatic heterocycles. The highest BCUT2D eigenvalue weighted by atomic mass is 79.9. The molecule has 1 aliphatic carbocycles. The Hall–Kier alpha value is -2.41. The SMILES string of the molecule is CCCOC(=O)c1c(NC(=O)CCn2nc(C(F)(F)F)c(Br)c2C2CC2)sc(C(=O)N(C)C)c1C. The van der Waals surface area contributed by atoms with Crippen LogP contribution in [-0.4, -0.2) is 53.2 Å². The van der Waals surface area contributed by atoms with E-state index in [1.165, 1.54) is 9.58 Å². The molecule has 1 saturated carbocycles. The van der Waals surface area contributed by atoms with Crippen molar-refractivity contribution in [3.63, 3.8) is 0 Å². The molecule has 0 radical (unpaired) electrons. The Morgan fingerprint density at radius 3 is 2.49 bits per heavy atom. The van der Waals surface area contributed by atoms with E-state index in [-0.39, 0.29) is 51.3 Å². The first-order valence-corrected chi connectivity index (χ1v) is 12.6. The Morgan fingerprint density at radius 1 is 1.29 bits per heavy atom. The number of halogens is 4. The van der Waals surface area contributed by atoms with Gasteiger partial charge in [-0.1, -0.05) is 6.92 Å². The number of anilines is 1. The smallest absolute Gasteiger partial charge is 0.436 e. The van der Waals surface area contributed by atoms with Crippen molar-refractivity contribution in [2.24, 2.45) is 0 Å². The minimum absolute atomic E-state index is 0.0319. The van der Waals surface area contributed by atoms with Crippen LogP contribution in [0, 0.1) is 6.92 Å². The van der Waals surface area contributed by atoms with Crippen molar-refractivity contribution >= 4 is 50.1 Å². The second-order valence-electron chi connectivity index (χ2n) is 8.44. The average Bonchev–Trinajstić information content (AvgIpc) is 3.47. The van der Waals surface area contributed by atoms with E-state index < -0.39 is 23.7 Å². The van der Waals surface area contributed by atoms with Crippen LogP contribution in [0.4, 0.5) is 18.2 Å². The lowest BCUT2D eigenvalue weighted by molar-refractivity contribution is -0.142. The number of amides is 2. The molecule has 1 N–H and O–H groups in total. The van der Waals surface area contributed by atoms with Crippen LogP contribution in [0.3, 0.4) is 0 Å². The van der Waals surface area contributed by atoms with Gasteiger partial charge < -0.3 is 15.0 Å². The lowest BCUT2D eigenvalue weighted by Gasteiger charge is -2.09. The monoisotopic (exact) mass is 578 g/mol. The van der Waals surface area contributed by atoms with Crippen molar-refractivity contribution in [2.75, 3.05) is 26.0 Å². The Bertz CT molecular complexity index is 1140. The van der Waals surface area contributed by atoms with Gasteiger partial charge in [-0.05, 0) is 47.7 Å². The first-order valence-electron chi connectivity index (χ1n) is 11.0. The molecule has 0 atom stereocenters. The van der Waals surface area contributed by atoms with Gasteiger partial charge in [0, 0.05) is 26.4 Å². The summed E-state index contributed by atoms with van der Waals surface area (Å²) in [5.41, 5.74) is -0.0879. The van der Waals surface area contributed by atoms with Crippen molar-refractivity contribution in [3.8, 4) is 0 Å². The summed E-state index contributed by atoms with van der Waals surface area (Å²) >= 11 is 3.99. The number of carbonyl (C=O) groups is 3. The second-order valence-corrected chi connectivity index (χ2v) is 10.3. The molecule has 13 heteroatoms. The van der Waals surface area contributed by atoms with Crippen LogP contribution in [0.15, 0.2) is 4.47 Å². The van der Waals surface area contributed by atoms with E-state index in [1.54, 1.807) is 21.0 Å². The van der Waals surface area contributed by atoms with Gasteiger partial charge in [0.05, 0.1) is 33.8 Å². The molecule has 1 fully saturated rings. The van der Waals surface area contributed by atoms with Gasteiger partial charge in [0.2, 0.25) is 5.91 Å². The molecule has 0 unspecified atom stereocenters. The van der Waals surface area contributed by atoms with Gasteiger partial charge in [-0.3, -0.25) is 14.3 Å². The van der Waals surface area contributed by atoms with E-state index in [0.29, 0.717) is 17.7 Å². The summed E-state index contributed by atoms with van der Waals surface area (Å²) < 4.78 is 46.3. The summed E-state index contributed by atoms with van der Waals surface area (Å²) in [6, 6.07) is 0. The van der Waals surface area contributed by atoms with Crippen LogP contribution < -0.4 is 5.32 Å². The standard InChI is InChI=1S/C22H26BrF3N4O4S/c1-5-10-34-21(33)14-11(2)17(20(32)29(3)4)35-19(14)27-13(31)8-9-30-16(12-6-7-12)15(23)18(28-30)22(24,25)26/h12H,5-10H2,1-4H3,(H,27,31). The van der Waals surface area contributed by atoms with E-state index in [0.717, 1.165) is 24.2 Å². The van der Waals surface area contributed by atoms with E-state index in [2.05, 4.69) is 26.3 Å². The number of aromatic nitrogens is 2. The molecule has 2 amide bonds. The minimum Gasteiger partial charge on any atom is -0.462 e. The molecule has 1 aliphatic rings. The van der Waals surface area contributed by atoms with Crippen molar-refractivity contribution in [2.45, 2.75) is 58.2 Å². The molecule has 2 aromatic rings. The third-order valence-corrected chi connectivity index (χ3v) is 7.33. The van der Waals surface area contributed by atoms with Crippen molar-refractivity contribution in [3.05, 3.63) is 31.9 Å². The van der Waals surface area contributed by atoms with Crippen LogP contribution in [0.1, 0.15) is 75.5 Å². The van der Waals surface area contributed by atoms with Crippen LogP contribution >= 0.6 is 27.3 Å². The van der Waals surface area contributed by atoms with E-state index in [4.69, 9.17) is 4.74 Å². The number of nitrogens with zero attached hydrogens (tertiary/aromatic N) is 3. The fourth-order valence-electron chi connectivity index (χ4n) is 3.47. The number of nitrogens with one attached hydrogen (secondary N) is 1. The molecule has 0 spiro atoms. The van der Waals surface area contributed by atoms with Gasteiger partial charge in [0.1, 0.15) is 5.00 Å². The van der Waals surface area contributed by atoms with Crippen LogP contribution in [0.2, 0.25) is 0 Å². The van der Waals surface area contributed by atoms with Crippen LogP contribution in [-0.2, 0) is 22.3 Å². The maximum atomic E-state index is 13.3. The Labute approximate surface area is 212 Å². The van der Waals surface area contributed by atoms with Gasteiger partial charge in [-0.25, -0.2) is 4.79 Å². The zero-order valence-electron chi connectivity index (χ0n) is 19.7. The number of alkyl halides is 3. The largest absolute Gasteiger partial charge is 0.462 e. The predicted octanol–water partition coefficient (Wildman–Crippen LogP) is 5.21. The summed E-state index contributed by atoms with van der Waals surface area (Å²) in [7, 11) is 3.15. The van der Waals surface area contributed by atoms with E-state index >= 15 is 0 Å². The fraction of sp³-hybridized carbons (Fsp3) is 0.545. The first-order chi connectivity index (χ1) is 16.4. The number of esters is 1. The predicted molar refractivity (Wildman–Crippen MR) is 128 cm³/mol. The van der Waals surface area contributed by atoms with E-state index in [1.807, 2.05) is 6.92 Å². The third-order valence-electron chi connectivity index (χ3n) is 5.36. The maximum absolute atomic E-state index is 13.3. The summed E-state index contributed by atoms with van der Waals surface area (Å²) in [6.45, 7) is 3.55. The number of thiophene rings is 1. The zero-order chi connectivity index (χ0) is 26.1. The summed E-state index contributed by atoms with van der Waals surface area (Å²) in [5, 5.41) is 6.51. The quantitative estimate of drug-likeness (QED) is 0.412. The van der Waals surface area contributed by atoms with Gasteiger partial charge in [0.15, 0.2) is 5.69 Å². The lowest BCUT2D eigenvalue weighted by atomic mass is 10.1. The summed E-state index contributed by atoms with van der Waals surface area (Å²) in [4.78, 5) is 39.6. The van der Waals surface area contributed by atoms with Crippen LogP contribution in [0.25, 0.3) is 0 Å². The van der Waals surface area contributed by atoms with Gasteiger partial charge >= 0.3 is 12.1 Å². The molecule has 8 nitrogen and oxygen atoms in total. The summed E-state index contributed by atoms with van der Waals surface area (Å²) in [6.07, 6.45) is -2.68. The highest BCUT2D eigenvalue weighted by Crippen LogP contribution is 2.47. The molecule has 0 saturated heterocycles. The lowest BCUT2D eigenvalue weighted by Crippen LogP contribution is -2.21. The number of aryl methyl sites for hydroxylation is 1. The molecule has 0 aliphatic heterocycles. The number of hydrogen-bond acceptors (Lipinski definition) is 6. The maximum Gasteiger partial charge on any atom is 0.436 e. The minimum atomic E-state index is -4.62. The normalized spacial score (nSPS) is 13.6. The topological polar surface area (TPSA) is 93.5 Å². The van der Waals surface area contributed by atoms with Crippen molar-refractivity contribution < 1.29 is 32.3 Å². The molecule has 0 aromatic carbocycles. The molecular formula is C22H26BrF3N4O4S. The average molecular weight is 579 g/mol. The van der Waals surface area contributed by atoms with Crippen molar-refractivity contribution in [1.29, 1.82) is 0 Å². The molecule has 2 heterocycles. The first kappa shape index (κ1) is 27.2. The van der Waals surface area contributed by atoms with Crippen molar-refractivity contribution in [1.82, 2.24) is 14.7 Å². The third kappa shape index (κ3) is 6.05. The fourth-order valence-corrected chi connectivity index (χ4v) is 5.53. The number of ether oxygens (including phenoxy) is 1. The molecule has 0 bridgehead atoms. The number of hydrogen-bond donors (Lipinski definition) is 1. The van der Waals surface area contributed by atoms with Crippen LogP contribution in [0.5, 0.6) is 0 Å². The van der Waals surface area contributed by atoms with Gasteiger partial charge in [-0.2, -0.15) is 18.3 Å². The number of rotatable bonds is 9. The molecule has 192 valence electrons. The Morgan fingerprint density at radius 2 is 1.94 bits per heavy atom. The summed E-state index contributed by atoms with van der Waals surface area (Å²) in [5.74, 6) is -1.54. The molecular weight excluding hydrogens is 553 g/mol. The van der Waals surface area contributed by atoms with E-state index in [9.17, 15) is 27.6 Å². The highest BCUT2D eigenvalue weighted by molar-refractivity contribution is 9.10. The highest BCUT2D eigenvalue weighted by Gasteiger charge is 2.41. The Balaban J connectivity index is 1.82.